The lowest BCUT2D eigenvalue weighted by Crippen LogP contribution is -2.48. The zero-order valence-corrected chi connectivity index (χ0v) is 19.5. The van der Waals surface area contributed by atoms with E-state index in [2.05, 4.69) is 20.5 Å². The number of rotatable bonds is 8. The number of benzene rings is 1. The molecule has 1 aliphatic rings. The van der Waals surface area contributed by atoms with E-state index in [1.165, 1.54) is 0 Å². The summed E-state index contributed by atoms with van der Waals surface area (Å²) in [6, 6.07) is 6.12. The average Bonchev–Trinajstić information content (AvgIpc) is 2.67. The van der Waals surface area contributed by atoms with E-state index in [4.69, 9.17) is 21.1 Å². The lowest BCUT2D eigenvalue weighted by Gasteiger charge is -2.33. The smallest absolute Gasteiger partial charge is 0.191 e. The summed E-state index contributed by atoms with van der Waals surface area (Å²) in [5, 5.41) is 7.57. The van der Waals surface area contributed by atoms with Crippen LogP contribution in [0.3, 0.4) is 0 Å². The summed E-state index contributed by atoms with van der Waals surface area (Å²) in [5.41, 5.74) is 1.05. The highest BCUT2D eigenvalue weighted by Crippen LogP contribution is 2.22. The number of guanidine groups is 1. The van der Waals surface area contributed by atoms with E-state index in [0.717, 1.165) is 62.8 Å². The van der Waals surface area contributed by atoms with Gasteiger partial charge in [-0.15, -0.1) is 24.0 Å². The molecular formula is C19H32ClIN4O2. The molecule has 1 heterocycles. The van der Waals surface area contributed by atoms with Gasteiger partial charge in [0.05, 0.1) is 7.11 Å². The minimum atomic E-state index is 0. The predicted octanol–water partition coefficient (Wildman–Crippen LogP) is 3.13. The molecule has 0 atom stereocenters. The number of nitrogens with one attached hydrogen (secondary N) is 2. The first-order chi connectivity index (χ1) is 12.7. The number of nitrogens with zero attached hydrogens (tertiary/aromatic N) is 2. The van der Waals surface area contributed by atoms with Gasteiger partial charge in [-0.25, -0.2) is 0 Å². The van der Waals surface area contributed by atoms with Gasteiger partial charge in [0.25, 0.3) is 0 Å². The van der Waals surface area contributed by atoms with Crippen molar-refractivity contribution in [1.82, 2.24) is 15.5 Å². The monoisotopic (exact) mass is 510 g/mol. The molecule has 0 saturated carbocycles. The molecule has 1 aliphatic heterocycles. The van der Waals surface area contributed by atoms with Gasteiger partial charge in [-0.05, 0) is 31.4 Å². The summed E-state index contributed by atoms with van der Waals surface area (Å²) >= 11 is 6.02. The number of halogens is 2. The Morgan fingerprint density at radius 2 is 2.04 bits per heavy atom. The second kappa shape index (κ2) is 13.4. The summed E-state index contributed by atoms with van der Waals surface area (Å²) in [5.74, 6) is 1.60. The molecule has 0 bridgehead atoms. The van der Waals surface area contributed by atoms with Crippen molar-refractivity contribution in [2.45, 2.75) is 31.8 Å². The average molecular weight is 511 g/mol. The summed E-state index contributed by atoms with van der Waals surface area (Å²) in [4.78, 5) is 6.85. The zero-order valence-electron chi connectivity index (χ0n) is 16.5. The van der Waals surface area contributed by atoms with E-state index >= 15 is 0 Å². The molecule has 0 radical (unpaired) electrons. The van der Waals surface area contributed by atoms with Crippen LogP contribution in [-0.2, 0) is 11.3 Å². The maximum Gasteiger partial charge on any atom is 0.191 e. The van der Waals surface area contributed by atoms with E-state index in [-0.39, 0.29) is 24.0 Å². The molecule has 1 fully saturated rings. The van der Waals surface area contributed by atoms with Crippen LogP contribution in [-0.4, -0.2) is 64.4 Å². The van der Waals surface area contributed by atoms with Crippen LogP contribution in [0.2, 0.25) is 5.02 Å². The quantitative estimate of drug-likeness (QED) is 0.244. The van der Waals surface area contributed by atoms with Crippen molar-refractivity contribution in [3.05, 3.63) is 28.8 Å². The molecular weight excluding hydrogens is 479 g/mol. The van der Waals surface area contributed by atoms with Crippen LogP contribution in [0.15, 0.2) is 23.2 Å². The van der Waals surface area contributed by atoms with Gasteiger partial charge in [0.1, 0.15) is 5.75 Å². The third kappa shape index (κ3) is 8.41. The van der Waals surface area contributed by atoms with Crippen molar-refractivity contribution in [1.29, 1.82) is 0 Å². The third-order valence-electron chi connectivity index (χ3n) is 4.67. The van der Waals surface area contributed by atoms with Gasteiger partial charge >= 0.3 is 0 Å². The van der Waals surface area contributed by atoms with Crippen molar-refractivity contribution in [3.63, 3.8) is 0 Å². The van der Waals surface area contributed by atoms with Gasteiger partial charge in [-0.2, -0.15) is 0 Å². The molecule has 0 amide bonds. The fraction of sp³-hybridized carbons (Fsp3) is 0.632. The van der Waals surface area contributed by atoms with Crippen molar-refractivity contribution < 1.29 is 9.47 Å². The highest BCUT2D eigenvalue weighted by Gasteiger charge is 2.19. The molecule has 0 unspecified atom stereocenters. The van der Waals surface area contributed by atoms with Crippen molar-refractivity contribution in [2.24, 2.45) is 4.99 Å². The molecule has 0 spiro atoms. The first-order valence-corrected chi connectivity index (χ1v) is 9.55. The number of ether oxygens (including phenoxy) is 2. The predicted molar refractivity (Wildman–Crippen MR) is 123 cm³/mol. The Kier molecular flexibility index (Phi) is 12.1. The molecule has 1 saturated heterocycles. The van der Waals surface area contributed by atoms with Crippen LogP contribution in [0.1, 0.15) is 24.8 Å². The Bertz CT molecular complexity index is 581. The second-order valence-electron chi connectivity index (χ2n) is 6.49. The van der Waals surface area contributed by atoms with E-state index in [1.807, 2.05) is 18.2 Å². The van der Waals surface area contributed by atoms with E-state index in [1.54, 1.807) is 21.3 Å². The van der Waals surface area contributed by atoms with Crippen LogP contribution < -0.4 is 15.4 Å². The Balaban J connectivity index is 0.00000364. The summed E-state index contributed by atoms with van der Waals surface area (Å²) in [7, 11) is 5.21. The molecule has 27 heavy (non-hydrogen) atoms. The molecule has 2 N–H and O–H groups in total. The molecule has 0 aliphatic carbocycles. The van der Waals surface area contributed by atoms with Crippen molar-refractivity contribution in [3.8, 4) is 5.75 Å². The molecule has 154 valence electrons. The highest BCUT2D eigenvalue weighted by molar-refractivity contribution is 14.0. The van der Waals surface area contributed by atoms with Crippen molar-refractivity contribution in [2.75, 3.05) is 47.5 Å². The Labute approximate surface area is 185 Å². The topological polar surface area (TPSA) is 58.1 Å². The molecule has 1 aromatic carbocycles. The fourth-order valence-corrected chi connectivity index (χ4v) is 3.33. The van der Waals surface area contributed by atoms with Crippen LogP contribution in [0, 0.1) is 0 Å². The van der Waals surface area contributed by atoms with Gasteiger partial charge in [0.2, 0.25) is 0 Å². The lowest BCUT2D eigenvalue weighted by molar-refractivity contribution is 0.155. The lowest BCUT2D eigenvalue weighted by atomic mass is 10.1. The Morgan fingerprint density at radius 3 is 2.67 bits per heavy atom. The minimum absolute atomic E-state index is 0. The van der Waals surface area contributed by atoms with Gasteiger partial charge < -0.3 is 25.0 Å². The summed E-state index contributed by atoms with van der Waals surface area (Å²) in [6.45, 7) is 4.81. The van der Waals surface area contributed by atoms with E-state index in [9.17, 15) is 0 Å². The fourth-order valence-electron chi connectivity index (χ4n) is 3.16. The third-order valence-corrected chi connectivity index (χ3v) is 4.91. The first kappa shape index (κ1) is 24.3. The Hall–Kier alpha value is -0.770. The van der Waals surface area contributed by atoms with Crippen LogP contribution in [0.25, 0.3) is 0 Å². The molecule has 0 aromatic heterocycles. The summed E-state index contributed by atoms with van der Waals surface area (Å²) < 4.78 is 10.5. The number of likely N-dealkylation sites (tertiary alicyclic amines) is 1. The maximum absolute atomic E-state index is 6.02. The van der Waals surface area contributed by atoms with Crippen LogP contribution in [0.4, 0.5) is 0 Å². The normalized spacial score (nSPS) is 15.9. The standard InChI is InChI=1S/C19H31ClN4O2.HI/c1-21-19(22-14-15-5-6-16(20)13-18(15)26-3)23-17-7-10-24(11-8-17)9-4-12-25-2;/h5-6,13,17H,4,7-12,14H2,1-3H3,(H2,21,22,23);1H. The highest BCUT2D eigenvalue weighted by atomic mass is 127. The van der Waals surface area contributed by atoms with E-state index in [0.29, 0.717) is 17.6 Å². The van der Waals surface area contributed by atoms with Crippen LogP contribution in [0.5, 0.6) is 5.75 Å². The SMILES string of the molecule is CN=C(NCc1ccc(Cl)cc1OC)NC1CCN(CCCOC)CC1.I. The Morgan fingerprint density at radius 1 is 1.30 bits per heavy atom. The maximum atomic E-state index is 6.02. The molecule has 2 rings (SSSR count). The second-order valence-corrected chi connectivity index (χ2v) is 6.92. The van der Waals surface area contributed by atoms with E-state index < -0.39 is 0 Å². The van der Waals surface area contributed by atoms with Gasteiger partial charge in [0, 0.05) is 63.6 Å². The van der Waals surface area contributed by atoms with Crippen molar-refractivity contribution >= 4 is 41.5 Å². The van der Waals surface area contributed by atoms with Gasteiger partial charge in [-0.3, -0.25) is 4.99 Å². The number of hydrogen-bond acceptors (Lipinski definition) is 4. The zero-order chi connectivity index (χ0) is 18.8. The summed E-state index contributed by atoms with van der Waals surface area (Å²) in [6.07, 6.45) is 3.34. The molecule has 6 nitrogen and oxygen atoms in total. The number of methoxy groups -OCH3 is 2. The number of aliphatic imine (C=N–C) groups is 1. The molecule has 8 heteroatoms. The first-order valence-electron chi connectivity index (χ1n) is 9.17. The molecule has 1 aromatic rings. The van der Waals surface area contributed by atoms with Crippen LogP contribution >= 0.6 is 35.6 Å². The number of hydrogen-bond donors (Lipinski definition) is 2. The van der Waals surface area contributed by atoms with Gasteiger partial charge in [-0.1, -0.05) is 17.7 Å². The van der Waals surface area contributed by atoms with Gasteiger partial charge in [0.15, 0.2) is 5.96 Å². The minimum Gasteiger partial charge on any atom is -0.496 e. The largest absolute Gasteiger partial charge is 0.496 e. The number of piperidine rings is 1.